The Morgan fingerprint density at radius 2 is 1.96 bits per heavy atom. The van der Waals surface area contributed by atoms with Gasteiger partial charge in [0.15, 0.2) is 6.10 Å². The third-order valence-corrected chi connectivity index (χ3v) is 5.56. The van der Waals surface area contributed by atoms with Crippen molar-refractivity contribution < 1.29 is 17.9 Å². The second kappa shape index (κ2) is 6.98. The SMILES string of the molecule is Cc1ccc2c(c1)N(S(C)(=O)=O)CC(C(=O)Nc1ccc(Cl)cc1Cl)O2. The Morgan fingerprint density at radius 1 is 1.23 bits per heavy atom. The molecule has 0 bridgehead atoms. The van der Waals surface area contributed by atoms with Crippen molar-refractivity contribution in [3.05, 3.63) is 52.0 Å². The fourth-order valence-corrected chi connectivity index (χ4v) is 3.98. The lowest BCUT2D eigenvalue weighted by molar-refractivity contribution is -0.122. The number of benzene rings is 2. The lowest BCUT2D eigenvalue weighted by Gasteiger charge is -2.34. The molecule has 2 aromatic carbocycles. The number of halogens is 2. The second-order valence-electron chi connectivity index (χ2n) is 5.99. The van der Waals surface area contributed by atoms with Crippen LogP contribution in [0, 0.1) is 6.92 Å². The smallest absolute Gasteiger partial charge is 0.267 e. The van der Waals surface area contributed by atoms with Crippen molar-refractivity contribution in [2.24, 2.45) is 0 Å². The maximum Gasteiger partial charge on any atom is 0.267 e. The minimum atomic E-state index is -3.58. The molecule has 0 spiro atoms. The van der Waals surface area contributed by atoms with Gasteiger partial charge in [-0.05, 0) is 42.8 Å². The lowest BCUT2D eigenvalue weighted by atomic mass is 10.1. The Kier molecular flexibility index (Phi) is 5.05. The molecule has 0 aliphatic carbocycles. The number of aryl methyl sites for hydroxylation is 1. The molecule has 1 amide bonds. The summed E-state index contributed by atoms with van der Waals surface area (Å²) in [4.78, 5) is 12.6. The van der Waals surface area contributed by atoms with Crippen LogP contribution >= 0.6 is 23.2 Å². The Labute approximate surface area is 161 Å². The first-order valence-corrected chi connectivity index (χ1v) is 10.3. The molecule has 1 atom stereocenters. The molecule has 0 saturated heterocycles. The largest absolute Gasteiger partial charge is 0.476 e. The summed E-state index contributed by atoms with van der Waals surface area (Å²) in [5.74, 6) is -0.177. The van der Waals surface area contributed by atoms with Gasteiger partial charge in [-0.2, -0.15) is 0 Å². The van der Waals surface area contributed by atoms with Gasteiger partial charge in [0, 0.05) is 5.02 Å². The minimum Gasteiger partial charge on any atom is -0.476 e. The standard InChI is InChI=1S/C17H16Cl2N2O4S/c1-10-3-6-15-14(7-10)21(26(2,23)24)9-16(25-15)17(22)20-13-5-4-11(18)8-12(13)19/h3-8,16H,9H2,1-2H3,(H,20,22). The van der Waals surface area contributed by atoms with E-state index in [-0.39, 0.29) is 11.6 Å². The number of anilines is 2. The van der Waals surface area contributed by atoms with Crippen LogP contribution in [-0.4, -0.2) is 33.2 Å². The highest BCUT2D eigenvalue weighted by Crippen LogP contribution is 2.36. The van der Waals surface area contributed by atoms with Crippen molar-refractivity contribution >= 4 is 50.5 Å². The molecule has 1 unspecified atom stereocenters. The molecular formula is C17H16Cl2N2O4S. The summed E-state index contributed by atoms with van der Waals surface area (Å²) in [5.41, 5.74) is 1.67. The van der Waals surface area contributed by atoms with Crippen LogP contribution in [0.4, 0.5) is 11.4 Å². The fraction of sp³-hybridized carbons (Fsp3) is 0.235. The number of rotatable bonds is 3. The topological polar surface area (TPSA) is 75.7 Å². The van der Waals surface area contributed by atoms with Crippen LogP contribution in [0.2, 0.25) is 10.0 Å². The van der Waals surface area contributed by atoms with E-state index in [0.29, 0.717) is 22.1 Å². The van der Waals surface area contributed by atoms with Crippen LogP contribution in [0.15, 0.2) is 36.4 Å². The molecule has 1 N–H and O–H groups in total. The summed E-state index contributed by atoms with van der Waals surface area (Å²) < 4.78 is 31.3. The summed E-state index contributed by atoms with van der Waals surface area (Å²) in [6, 6.07) is 9.80. The number of nitrogens with zero attached hydrogens (tertiary/aromatic N) is 1. The molecule has 0 fully saturated rings. The number of hydrogen-bond donors (Lipinski definition) is 1. The summed E-state index contributed by atoms with van der Waals surface area (Å²) in [7, 11) is -3.58. The summed E-state index contributed by atoms with van der Waals surface area (Å²) >= 11 is 11.9. The van der Waals surface area contributed by atoms with E-state index in [4.69, 9.17) is 27.9 Å². The van der Waals surface area contributed by atoms with Gasteiger partial charge in [-0.3, -0.25) is 9.10 Å². The molecule has 138 valence electrons. The molecule has 9 heteroatoms. The molecular weight excluding hydrogens is 399 g/mol. The van der Waals surface area contributed by atoms with Crippen LogP contribution in [0.25, 0.3) is 0 Å². The number of fused-ring (bicyclic) bond motifs is 1. The van der Waals surface area contributed by atoms with Crippen LogP contribution < -0.4 is 14.4 Å². The van der Waals surface area contributed by atoms with Gasteiger partial charge < -0.3 is 10.1 Å². The Bertz CT molecular complexity index is 979. The van der Waals surface area contributed by atoms with Crippen molar-refractivity contribution in [1.29, 1.82) is 0 Å². The average Bonchev–Trinajstić information content (AvgIpc) is 2.55. The first-order chi connectivity index (χ1) is 12.1. The zero-order valence-electron chi connectivity index (χ0n) is 14.0. The fourth-order valence-electron chi connectivity index (χ4n) is 2.62. The van der Waals surface area contributed by atoms with Gasteiger partial charge in [0.25, 0.3) is 5.91 Å². The molecule has 0 saturated carbocycles. The Morgan fingerprint density at radius 3 is 2.62 bits per heavy atom. The van der Waals surface area contributed by atoms with Crippen LogP contribution in [-0.2, 0) is 14.8 Å². The number of sulfonamides is 1. The Hall–Kier alpha value is -1.96. The third-order valence-electron chi connectivity index (χ3n) is 3.87. The molecule has 3 rings (SSSR count). The molecule has 1 heterocycles. The van der Waals surface area contributed by atoms with E-state index in [1.54, 1.807) is 30.3 Å². The van der Waals surface area contributed by atoms with Gasteiger partial charge in [-0.25, -0.2) is 8.42 Å². The average molecular weight is 415 g/mol. The number of carbonyl (C=O) groups is 1. The van der Waals surface area contributed by atoms with Gasteiger partial charge in [-0.1, -0.05) is 29.3 Å². The lowest BCUT2D eigenvalue weighted by Crippen LogP contribution is -2.48. The van der Waals surface area contributed by atoms with E-state index >= 15 is 0 Å². The van der Waals surface area contributed by atoms with Crippen molar-refractivity contribution in [2.45, 2.75) is 13.0 Å². The van der Waals surface area contributed by atoms with Gasteiger partial charge >= 0.3 is 0 Å². The number of amides is 1. The number of nitrogens with one attached hydrogen (secondary N) is 1. The minimum absolute atomic E-state index is 0.133. The van der Waals surface area contributed by atoms with E-state index in [9.17, 15) is 13.2 Å². The highest BCUT2D eigenvalue weighted by molar-refractivity contribution is 7.92. The zero-order chi connectivity index (χ0) is 19.1. The zero-order valence-corrected chi connectivity index (χ0v) is 16.3. The van der Waals surface area contributed by atoms with Gasteiger partial charge in [-0.15, -0.1) is 0 Å². The van der Waals surface area contributed by atoms with Gasteiger partial charge in [0.1, 0.15) is 5.75 Å². The first-order valence-electron chi connectivity index (χ1n) is 7.66. The number of ether oxygens (including phenoxy) is 1. The van der Waals surface area contributed by atoms with E-state index in [0.717, 1.165) is 11.8 Å². The monoisotopic (exact) mass is 414 g/mol. The molecule has 0 radical (unpaired) electrons. The van der Waals surface area contributed by atoms with E-state index in [1.165, 1.54) is 10.4 Å². The molecule has 0 aromatic heterocycles. The van der Waals surface area contributed by atoms with Crippen molar-refractivity contribution in [3.63, 3.8) is 0 Å². The Balaban J connectivity index is 1.89. The molecule has 6 nitrogen and oxygen atoms in total. The van der Waals surface area contributed by atoms with Crippen molar-refractivity contribution in [2.75, 3.05) is 22.4 Å². The van der Waals surface area contributed by atoms with E-state index in [1.807, 2.05) is 6.92 Å². The van der Waals surface area contributed by atoms with E-state index < -0.39 is 22.0 Å². The third kappa shape index (κ3) is 3.90. The van der Waals surface area contributed by atoms with Gasteiger partial charge in [0.05, 0.1) is 29.2 Å². The van der Waals surface area contributed by atoms with Crippen molar-refractivity contribution in [3.8, 4) is 5.75 Å². The highest BCUT2D eigenvalue weighted by atomic mass is 35.5. The van der Waals surface area contributed by atoms with Gasteiger partial charge in [0.2, 0.25) is 10.0 Å². The summed E-state index contributed by atoms with van der Waals surface area (Å²) in [5, 5.41) is 3.36. The summed E-state index contributed by atoms with van der Waals surface area (Å²) in [6.45, 7) is 1.72. The molecule has 1 aliphatic rings. The number of hydrogen-bond acceptors (Lipinski definition) is 4. The second-order valence-corrected chi connectivity index (χ2v) is 8.74. The maximum absolute atomic E-state index is 12.6. The quantitative estimate of drug-likeness (QED) is 0.833. The van der Waals surface area contributed by atoms with E-state index in [2.05, 4.69) is 5.32 Å². The van der Waals surface area contributed by atoms with Crippen LogP contribution in [0.1, 0.15) is 5.56 Å². The first kappa shape index (κ1) is 18.8. The predicted molar refractivity (Wildman–Crippen MR) is 103 cm³/mol. The maximum atomic E-state index is 12.6. The highest BCUT2D eigenvalue weighted by Gasteiger charge is 2.35. The van der Waals surface area contributed by atoms with Crippen LogP contribution in [0.3, 0.4) is 0 Å². The predicted octanol–water partition coefficient (Wildman–Crippen LogP) is 3.47. The molecule has 2 aromatic rings. The number of carbonyl (C=O) groups excluding carboxylic acids is 1. The van der Waals surface area contributed by atoms with Crippen molar-refractivity contribution in [1.82, 2.24) is 0 Å². The molecule has 26 heavy (non-hydrogen) atoms. The van der Waals surface area contributed by atoms with Crippen LogP contribution in [0.5, 0.6) is 5.75 Å². The normalized spacial score (nSPS) is 16.6. The molecule has 1 aliphatic heterocycles. The summed E-state index contributed by atoms with van der Waals surface area (Å²) in [6.07, 6.45) is 0.0711.